The summed E-state index contributed by atoms with van der Waals surface area (Å²) >= 11 is 1.70. The molecule has 1 aliphatic carbocycles. The Kier molecular flexibility index (Phi) is 4.37. The van der Waals surface area contributed by atoms with Gasteiger partial charge in [-0.2, -0.15) is 5.10 Å². The predicted octanol–water partition coefficient (Wildman–Crippen LogP) is 2.37. The Morgan fingerprint density at radius 3 is 3.14 bits per heavy atom. The number of aliphatic hydroxyl groups is 1. The lowest BCUT2D eigenvalue weighted by molar-refractivity contribution is 0.266. The fourth-order valence-electron chi connectivity index (χ4n) is 3.05. The Morgan fingerprint density at radius 2 is 2.43 bits per heavy atom. The number of aromatic nitrogens is 3. The SMILES string of the molecule is Cc1nc(C(C)NC2CCCc3c2cnn3CCO)cs1. The number of aliphatic hydroxyl groups excluding tert-OH is 1. The first kappa shape index (κ1) is 14.7. The maximum atomic E-state index is 9.12. The van der Waals surface area contributed by atoms with Crippen LogP contribution in [0.25, 0.3) is 0 Å². The maximum Gasteiger partial charge on any atom is 0.0898 e. The molecule has 0 saturated heterocycles. The van der Waals surface area contributed by atoms with Gasteiger partial charge in [-0.05, 0) is 33.1 Å². The molecule has 0 bridgehead atoms. The van der Waals surface area contributed by atoms with Gasteiger partial charge in [0.15, 0.2) is 0 Å². The van der Waals surface area contributed by atoms with Crippen LogP contribution in [0.5, 0.6) is 0 Å². The molecule has 0 saturated carbocycles. The van der Waals surface area contributed by atoms with Gasteiger partial charge in [0.25, 0.3) is 0 Å². The predicted molar refractivity (Wildman–Crippen MR) is 83.4 cm³/mol. The molecule has 0 spiro atoms. The average molecular weight is 306 g/mol. The Bertz CT molecular complexity index is 607. The highest BCUT2D eigenvalue weighted by atomic mass is 32.1. The highest BCUT2D eigenvalue weighted by Gasteiger charge is 2.25. The van der Waals surface area contributed by atoms with Gasteiger partial charge in [0.05, 0.1) is 30.1 Å². The number of nitrogens with zero attached hydrogens (tertiary/aromatic N) is 3. The van der Waals surface area contributed by atoms with Crippen LogP contribution >= 0.6 is 11.3 Å². The van der Waals surface area contributed by atoms with Crippen molar-refractivity contribution in [2.45, 2.75) is 51.7 Å². The number of aryl methyl sites for hydroxylation is 1. The summed E-state index contributed by atoms with van der Waals surface area (Å²) in [5.74, 6) is 0. The normalized spacial score (nSPS) is 19.5. The number of rotatable bonds is 5. The van der Waals surface area contributed by atoms with Gasteiger partial charge in [0.1, 0.15) is 0 Å². The molecule has 114 valence electrons. The van der Waals surface area contributed by atoms with Gasteiger partial charge in [0.2, 0.25) is 0 Å². The molecule has 2 heterocycles. The zero-order chi connectivity index (χ0) is 14.8. The van der Waals surface area contributed by atoms with Crippen LogP contribution in [0.15, 0.2) is 11.6 Å². The summed E-state index contributed by atoms with van der Waals surface area (Å²) in [6, 6.07) is 0.574. The van der Waals surface area contributed by atoms with Crippen LogP contribution in [0, 0.1) is 6.92 Å². The third-order valence-electron chi connectivity index (χ3n) is 4.11. The van der Waals surface area contributed by atoms with Crippen molar-refractivity contribution >= 4 is 11.3 Å². The Balaban J connectivity index is 1.76. The van der Waals surface area contributed by atoms with Crippen molar-refractivity contribution in [1.82, 2.24) is 20.1 Å². The van der Waals surface area contributed by atoms with Gasteiger partial charge < -0.3 is 10.4 Å². The lowest BCUT2D eigenvalue weighted by atomic mass is 9.92. The van der Waals surface area contributed by atoms with E-state index in [1.165, 1.54) is 11.3 Å². The maximum absolute atomic E-state index is 9.12. The minimum atomic E-state index is 0.140. The number of fused-ring (bicyclic) bond motifs is 1. The second kappa shape index (κ2) is 6.25. The van der Waals surface area contributed by atoms with Crippen molar-refractivity contribution in [3.05, 3.63) is 33.5 Å². The Morgan fingerprint density at radius 1 is 1.57 bits per heavy atom. The summed E-state index contributed by atoms with van der Waals surface area (Å²) in [7, 11) is 0. The summed E-state index contributed by atoms with van der Waals surface area (Å²) in [6.07, 6.45) is 5.30. The molecule has 0 radical (unpaired) electrons. The fourth-order valence-corrected chi connectivity index (χ4v) is 3.75. The lowest BCUT2D eigenvalue weighted by Crippen LogP contribution is -2.28. The van der Waals surface area contributed by atoms with Crippen LogP contribution in [0.4, 0.5) is 0 Å². The van der Waals surface area contributed by atoms with E-state index in [0.717, 1.165) is 30.0 Å². The van der Waals surface area contributed by atoms with Crippen molar-refractivity contribution < 1.29 is 5.11 Å². The van der Waals surface area contributed by atoms with Crippen LogP contribution in [0.2, 0.25) is 0 Å². The molecule has 0 amide bonds. The van der Waals surface area contributed by atoms with Gasteiger partial charge in [-0.25, -0.2) is 4.98 Å². The highest BCUT2D eigenvalue weighted by molar-refractivity contribution is 7.09. The van der Waals surface area contributed by atoms with Crippen LogP contribution < -0.4 is 5.32 Å². The number of thiazole rings is 1. The van der Waals surface area contributed by atoms with E-state index in [1.54, 1.807) is 11.3 Å². The fraction of sp³-hybridized carbons (Fsp3) is 0.600. The van der Waals surface area contributed by atoms with Gasteiger partial charge in [-0.15, -0.1) is 11.3 Å². The van der Waals surface area contributed by atoms with E-state index in [1.807, 2.05) is 17.8 Å². The monoisotopic (exact) mass is 306 g/mol. The third kappa shape index (κ3) is 3.02. The van der Waals surface area contributed by atoms with E-state index < -0.39 is 0 Å². The van der Waals surface area contributed by atoms with Gasteiger partial charge >= 0.3 is 0 Å². The van der Waals surface area contributed by atoms with E-state index in [-0.39, 0.29) is 12.6 Å². The molecule has 5 nitrogen and oxygen atoms in total. The Labute approximate surface area is 129 Å². The largest absolute Gasteiger partial charge is 0.394 e. The lowest BCUT2D eigenvalue weighted by Gasteiger charge is -2.27. The highest BCUT2D eigenvalue weighted by Crippen LogP contribution is 2.31. The first-order valence-electron chi connectivity index (χ1n) is 7.52. The third-order valence-corrected chi connectivity index (χ3v) is 4.90. The van der Waals surface area contributed by atoms with Crippen molar-refractivity contribution in [2.75, 3.05) is 6.61 Å². The first-order valence-corrected chi connectivity index (χ1v) is 8.40. The molecular weight excluding hydrogens is 284 g/mol. The second-order valence-electron chi connectivity index (χ2n) is 5.62. The van der Waals surface area contributed by atoms with E-state index in [0.29, 0.717) is 12.6 Å². The van der Waals surface area contributed by atoms with Crippen LogP contribution in [-0.2, 0) is 13.0 Å². The summed E-state index contributed by atoms with van der Waals surface area (Å²) in [5, 5.41) is 20.5. The molecule has 6 heteroatoms. The van der Waals surface area contributed by atoms with E-state index in [9.17, 15) is 0 Å². The van der Waals surface area contributed by atoms with Crippen molar-refractivity contribution in [2.24, 2.45) is 0 Å². The number of nitrogens with one attached hydrogen (secondary N) is 1. The molecule has 2 aromatic rings. The number of hydrogen-bond donors (Lipinski definition) is 2. The molecule has 0 fully saturated rings. The molecule has 0 aliphatic heterocycles. The van der Waals surface area contributed by atoms with Crippen molar-refractivity contribution in [3.63, 3.8) is 0 Å². The first-order chi connectivity index (χ1) is 10.2. The zero-order valence-corrected chi connectivity index (χ0v) is 13.4. The average Bonchev–Trinajstić information content (AvgIpc) is 3.07. The van der Waals surface area contributed by atoms with Crippen molar-refractivity contribution in [1.29, 1.82) is 0 Å². The van der Waals surface area contributed by atoms with Crippen molar-refractivity contribution in [3.8, 4) is 0 Å². The minimum Gasteiger partial charge on any atom is -0.394 e. The summed E-state index contributed by atoms with van der Waals surface area (Å²) in [5.41, 5.74) is 3.68. The standard InChI is InChI=1S/C15H22N4OS/c1-10(14-9-21-11(2)18-14)17-13-4-3-5-15-12(13)8-16-19(15)6-7-20/h8-10,13,17,20H,3-7H2,1-2H3. The summed E-state index contributed by atoms with van der Waals surface area (Å²) < 4.78 is 1.95. The zero-order valence-electron chi connectivity index (χ0n) is 12.5. The number of hydrogen-bond acceptors (Lipinski definition) is 5. The van der Waals surface area contributed by atoms with Gasteiger partial charge in [0, 0.05) is 28.7 Å². The van der Waals surface area contributed by atoms with E-state index in [2.05, 4.69) is 27.7 Å². The molecular formula is C15H22N4OS. The second-order valence-corrected chi connectivity index (χ2v) is 6.68. The molecule has 2 atom stereocenters. The molecule has 2 N–H and O–H groups in total. The van der Waals surface area contributed by atoms with Gasteiger partial charge in [-0.1, -0.05) is 0 Å². The molecule has 2 aromatic heterocycles. The van der Waals surface area contributed by atoms with E-state index >= 15 is 0 Å². The summed E-state index contributed by atoms with van der Waals surface area (Å²) in [6.45, 7) is 4.93. The minimum absolute atomic E-state index is 0.140. The van der Waals surface area contributed by atoms with Gasteiger partial charge in [-0.3, -0.25) is 4.68 Å². The van der Waals surface area contributed by atoms with Crippen LogP contribution in [-0.4, -0.2) is 26.5 Å². The van der Waals surface area contributed by atoms with Crippen LogP contribution in [0.1, 0.15) is 53.8 Å². The quantitative estimate of drug-likeness (QED) is 0.890. The van der Waals surface area contributed by atoms with E-state index in [4.69, 9.17) is 5.11 Å². The molecule has 3 rings (SSSR count). The molecule has 0 aromatic carbocycles. The Hall–Kier alpha value is -1.24. The molecule has 2 unspecified atom stereocenters. The summed E-state index contributed by atoms with van der Waals surface area (Å²) in [4.78, 5) is 4.57. The topological polar surface area (TPSA) is 63.0 Å². The molecule has 1 aliphatic rings. The molecule has 21 heavy (non-hydrogen) atoms. The smallest absolute Gasteiger partial charge is 0.0898 e. The van der Waals surface area contributed by atoms with Crippen LogP contribution in [0.3, 0.4) is 0 Å².